The highest BCUT2D eigenvalue weighted by molar-refractivity contribution is 7.93. The lowest BCUT2D eigenvalue weighted by Gasteiger charge is -2.10. The van der Waals surface area contributed by atoms with Crippen LogP contribution >= 0.6 is 0 Å². The van der Waals surface area contributed by atoms with Crippen molar-refractivity contribution in [3.8, 4) is 23.3 Å². The molecule has 0 aliphatic heterocycles. The Morgan fingerprint density at radius 1 is 1.15 bits per heavy atom. The van der Waals surface area contributed by atoms with Crippen molar-refractivity contribution in [2.45, 2.75) is 4.90 Å². The van der Waals surface area contributed by atoms with Gasteiger partial charge in [-0.3, -0.25) is 9.78 Å². The van der Waals surface area contributed by atoms with Crippen LogP contribution in [0.3, 0.4) is 0 Å². The normalized spacial score (nSPS) is 12.3. The summed E-state index contributed by atoms with van der Waals surface area (Å²) in [4.78, 5) is 16.8. The Balaban J connectivity index is 2.37. The summed E-state index contributed by atoms with van der Waals surface area (Å²) in [6, 6.07) is 6.30. The third-order valence-electron chi connectivity index (χ3n) is 3.48. The fourth-order valence-corrected chi connectivity index (χ4v) is 3.32. The summed E-state index contributed by atoms with van der Waals surface area (Å²) in [6.07, 6.45) is 4.27. The predicted molar refractivity (Wildman–Crippen MR) is 102 cm³/mol. The van der Waals surface area contributed by atoms with Gasteiger partial charge in [0, 0.05) is 37.4 Å². The Labute approximate surface area is 158 Å². The Kier molecular flexibility index (Phi) is 6.93. The molecule has 0 N–H and O–H groups in total. The third kappa shape index (κ3) is 5.29. The SMILES string of the molecule is COCC#Cc1cncc(C(=O)N=S(C)(=O)c2ccc(OC)c(OC)c2)c1. The molecule has 1 atom stereocenters. The number of benzene rings is 1. The van der Waals surface area contributed by atoms with Crippen LogP contribution in [0.15, 0.2) is 45.9 Å². The molecule has 0 radical (unpaired) electrons. The van der Waals surface area contributed by atoms with Gasteiger partial charge in [0.2, 0.25) is 0 Å². The van der Waals surface area contributed by atoms with E-state index in [0.29, 0.717) is 22.0 Å². The summed E-state index contributed by atoms with van der Waals surface area (Å²) < 4.78 is 32.1. The maximum Gasteiger partial charge on any atom is 0.286 e. The summed E-state index contributed by atoms with van der Waals surface area (Å²) >= 11 is 0. The highest BCUT2D eigenvalue weighted by Gasteiger charge is 2.15. The van der Waals surface area contributed by atoms with Crippen molar-refractivity contribution in [2.24, 2.45) is 4.36 Å². The highest BCUT2D eigenvalue weighted by Crippen LogP contribution is 2.30. The lowest BCUT2D eigenvalue weighted by atomic mass is 10.2. The second-order valence-electron chi connectivity index (χ2n) is 5.41. The van der Waals surface area contributed by atoms with Crippen LogP contribution in [0.2, 0.25) is 0 Å². The van der Waals surface area contributed by atoms with Crippen LogP contribution < -0.4 is 9.47 Å². The molecule has 1 heterocycles. The zero-order chi connectivity index (χ0) is 19.9. The minimum atomic E-state index is -2.99. The van der Waals surface area contributed by atoms with Gasteiger partial charge in [-0.2, -0.15) is 4.36 Å². The summed E-state index contributed by atoms with van der Waals surface area (Å²) in [5, 5.41) is 0. The van der Waals surface area contributed by atoms with E-state index in [2.05, 4.69) is 21.2 Å². The number of carbonyl (C=O) groups excluding carboxylic acids is 1. The molecule has 7 nitrogen and oxygen atoms in total. The predicted octanol–water partition coefficient (Wildman–Crippen LogP) is 2.39. The van der Waals surface area contributed by atoms with E-state index in [1.165, 1.54) is 40.0 Å². The first kappa shape index (κ1) is 20.4. The second-order valence-corrected chi connectivity index (χ2v) is 7.67. The highest BCUT2D eigenvalue weighted by atomic mass is 32.2. The summed E-state index contributed by atoms with van der Waals surface area (Å²) in [5.74, 6) is 5.87. The van der Waals surface area contributed by atoms with Crippen molar-refractivity contribution >= 4 is 15.6 Å². The molecule has 0 bridgehead atoms. The molecule has 2 rings (SSSR count). The number of carbonyl (C=O) groups is 1. The maximum absolute atomic E-state index is 13.0. The van der Waals surface area contributed by atoms with Gasteiger partial charge in [0.15, 0.2) is 11.5 Å². The number of rotatable bonds is 5. The van der Waals surface area contributed by atoms with Crippen molar-refractivity contribution in [1.29, 1.82) is 0 Å². The average molecular weight is 388 g/mol. The molecule has 27 heavy (non-hydrogen) atoms. The number of hydrogen-bond acceptors (Lipinski definition) is 6. The van der Waals surface area contributed by atoms with Crippen molar-refractivity contribution in [3.63, 3.8) is 0 Å². The van der Waals surface area contributed by atoms with Crippen molar-refractivity contribution in [1.82, 2.24) is 4.98 Å². The Morgan fingerprint density at radius 2 is 1.89 bits per heavy atom. The quantitative estimate of drug-likeness (QED) is 0.731. The maximum atomic E-state index is 13.0. The minimum absolute atomic E-state index is 0.203. The topological polar surface area (TPSA) is 87.1 Å². The van der Waals surface area contributed by atoms with Crippen molar-refractivity contribution < 1.29 is 23.2 Å². The molecule has 1 unspecified atom stereocenters. The van der Waals surface area contributed by atoms with Crippen LogP contribution in [0.5, 0.6) is 11.5 Å². The van der Waals surface area contributed by atoms with Crippen molar-refractivity contribution in [3.05, 3.63) is 47.8 Å². The van der Waals surface area contributed by atoms with Crippen LogP contribution in [-0.2, 0) is 14.5 Å². The average Bonchev–Trinajstić information content (AvgIpc) is 2.67. The van der Waals surface area contributed by atoms with Gasteiger partial charge in [-0.05, 0) is 18.2 Å². The molecular weight excluding hydrogens is 368 g/mol. The largest absolute Gasteiger partial charge is 0.493 e. The van der Waals surface area contributed by atoms with Gasteiger partial charge in [-0.25, -0.2) is 4.21 Å². The van der Waals surface area contributed by atoms with E-state index in [-0.39, 0.29) is 12.2 Å². The van der Waals surface area contributed by atoms with Crippen LogP contribution in [0, 0.1) is 11.8 Å². The van der Waals surface area contributed by atoms with Gasteiger partial charge in [0.05, 0.1) is 34.4 Å². The van der Waals surface area contributed by atoms with E-state index in [1.54, 1.807) is 24.3 Å². The molecule has 1 amide bonds. The Morgan fingerprint density at radius 3 is 2.56 bits per heavy atom. The van der Waals surface area contributed by atoms with Crippen LogP contribution in [0.1, 0.15) is 15.9 Å². The van der Waals surface area contributed by atoms with Gasteiger partial charge in [-0.15, -0.1) is 0 Å². The summed E-state index contributed by atoms with van der Waals surface area (Å²) in [6.45, 7) is 0.268. The number of amides is 1. The standard InChI is InChI=1S/C19H20N2O5S/c1-24-9-5-6-14-10-15(13-20-12-14)19(22)21-27(4,23)16-7-8-17(25-2)18(11-16)26-3/h7-8,10-13H,9H2,1-4H3. The minimum Gasteiger partial charge on any atom is -0.493 e. The van der Waals surface area contributed by atoms with E-state index in [9.17, 15) is 9.00 Å². The first-order valence-electron chi connectivity index (χ1n) is 7.82. The molecule has 1 aromatic carbocycles. The number of nitrogens with zero attached hydrogens (tertiary/aromatic N) is 2. The van der Waals surface area contributed by atoms with Gasteiger partial charge in [0.1, 0.15) is 6.61 Å². The molecule has 0 aliphatic carbocycles. The number of ether oxygens (including phenoxy) is 3. The summed E-state index contributed by atoms with van der Waals surface area (Å²) in [7, 11) is 1.53. The second kappa shape index (κ2) is 9.16. The monoisotopic (exact) mass is 388 g/mol. The van der Waals surface area contributed by atoms with E-state index < -0.39 is 15.6 Å². The third-order valence-corrected chi connectivity index (χ3v) is 5.13. The first-order chi connectivity index (χ1) is 12.9. The number of methoxy groups -OCH3 is 3. The molecule has 1 aromatic heterocycles. The fraction of sp³-hybridized carbons (Fsp3) is 0.263. The smallest absolute Gasteiger partial charge is 0.286 e. The van der Waals surface area contributed by atoms with Gasteiger partial charge in [0.25, 0.3) is 5.91 Å². The van der Waals surface area contributed by atoms with E-state index in [1.807, 2.05) is 0 Å². The Hall–Kier alpha value is -2.89. The molecule has 142 valence electrons. The zero-order valence-corrected chi connectivity index (χ0v) is 16.3. The van der Waals surface area contributed by atoms with Gasteiger partial charge >= 0.3 is 0 Å². The molecule has 8 heteroatoms. The van der Waals surface area contributed by atoms with Gasteiger partial charge < -0.3 is 14.2 Å². The lowest BCUT2D eigenvalue weighted by Crippen LogP contribution is -2.05. The number of pyridine rings is 1. The van der Waals surface area contributed by atoms with Crippen molar-refractivity contribution in [2.75, 3.05) is 34.2 Å². The summed E-state index contributed by atoms with van der Waals surface area (Å²) in [5.41, 5.74) is 0.746. The molecule has 2 aromatic rings. The zero-order valence-electron chi connectivity index (χ0n) is 15.5. The first-order valence-corrected chi connectivity index (χ1v) is 9.75. The number of hydrogen-bond donors (Lipinski definition) is 0. The molecule has 0 saturated heterocycles. The molecule has 0 saturated carbocycles. The molecule has 0 fully saturated rings. The number of aromatic nitrogens is 1. The van der Waals surface area contributed by atoms with Crippen LogP contribution in [0.4, 0.5) is 0 Å². The van der Waals surface area contributed by atoms with Crippen LogP contribution in [-0.4, -0.2) is 49.3 Å². The molecule has 0 aliphatic rings. The molecule has 0 spiro atoms. The van der Waals surface area contributed by atoms with Crippen LogP contribution in [0.25, 0.3) is 0 Å². The lowest BCUT2D eigenvalue weighted by molar-refractivity contribution is 0.100. The fourth-order valence-electron chi connectivity index (χ4n) is 2.15. The van der Waals surface area contributed by atoms with Gasteiger partial charge in [-0.1, -0.05) is 11.8 Å². The molecular formula is C19H20N2O5S. The van der Waals surface area contributed by atoms with E-state index in [4.69, 9.17) is 14.2 Å². The Bertz CT molecular complexity index is 1010. The van der Waals surface area contributed by atoms with E-state index in [0.717, 1.165) is 0 Å². The van der Waals surface area contributed by atoms with E-state index >= 15 is 0 Å².